The maximum absolute atomic E-state index is 11.8. The Hall–Kier alpha value is -3.53. The highest BCUT2D eigenvalue weighted by Gasteiger charge is 2.09. The van der Waals surface area contributed by atoms with E-state index in [2.05, 4.69) is 5.32 Å². The molecule has 0 saturated heterocycles. The van der Waals surface area contributed by atoms with Crippen molar-refractivity contribution in [3.8, 4) is 17.6 Å². The summed E-state index contributed by atoms with van der Waals surface area (Å²) in [7, 11) is 0. The fraction of sp³-hybridized carbons (Fsp3) is 0.286. The first kappa shape index (κ1) is 20.8. The quantitative estimate of drug-likeness (QED) is 0.500. The van der Waals surface area contributed by atoms with Crippen molar-refractivity contribution in [1.82, 2.24) is 0 Å². The molecular formula is C21H22N2O5. The predicted molar refractivity (Wildman–Crippen MR) is 103 cm³/mol. The summed E-state index contributed by atoms with van der Waals surface area (Å²) in [5.74, 6) is 0.328. The van der Waals surface area contributed by atoms with Crippen LogP contribution in [0.4, 0.5) is 5.69 Å². The van der Waals surface area contributed by atoms with Crippen LogP contribution >= 0.6 is 0 Å². The number of rotatable bonds is 10. The molecule has 0 atom stereocenters. The van der Waals surface area contributed by atoms with Crippen LogP contribution in [0, 0.1) is 11.3 Å². The summed E-state index contributed by atoms with van der Waals surface area (Å²) >= 11 is 0. The standard InChI is InChI=1S/C21H22N2O5/c1-2-26-18-9-3-4-10-19(18)27-12-6-11-21(25)28-15-20(24)23-17-8-5-7-16(13-17)14-22/h3-5,7-10,13H,2,6,11-12,15H2,1H3,(H,23,24). The van der Waals surface area contributed by atoms with Gasteiger partial charge in [-0.1, -0.05) is 18.2 Å². The smallest absolute Gasteiger partial charge is 0.306 e. The zero-order valence-electron chi connectivity index (χ0n) is 15.6. The van der Waals surface area contributed by atoms with Crippen LogP contribution in [-0.4, -0.2) is 31.7 Å². The largest absolute Gasteiger partial charge is 0.490 e. The summed E-state index contributed by atoms with van der Waals surface area (Å²) in [5, 5.41) is 11.4. The van der Waals surface area contributed by atoms with Crippen molar-refractivity contribution in [2.24, 2.45) is 0 Å². The van der Waals surface area contributed by atoms with Crippen LogP contribution in [0.2, 0.25) is 0 Å². The molecule has 2 aromatic rings. The van der Waals surface area contributed by atoms with Gasteiger partial charge >= 0.3 is 5.97 Å². The van der Waals surface area contributed by atoms with Gasteiger partial charge in [0, 0.05) is 12.1 Å². The summed E-state index contributed by atoms with van der Waals surface area (Å²) in [6.45, 7) is 2.37. The van der Waals surface area contributed by atoms with Crippen LogP contribution in [0.3, 0.4) is 0 Å². The van der Waals surface area contributed by atoms with E-state index < -0.39 is 11.9 Å². The van der Waals surface area contributed by atoms with Gasteiger partial charge in [0.1, 0.15) is 0 Å². The Kier molecular flexibility index (Phi) is 8.34. The number of nitriles is 1. The monoisotopic (exact) mass is 382 g/mol. The topological polar surface area (TPSA) is 97.7 Å². The lowest BCUT2D eigenvalue weighted by molar-refractivity contribution is -0.147. The van der Waals surface area contributed by atoms with Crippen molar-refractivity contribution >= 4 is 17.6 Å². The highest BCUT2D eigenvalue weighted by Crippen LogP contribution is 2.26. The Morgan fingerprint density at radius 2 is 1.82 bits per heavy atom. The molecule has 0 saturated carbocycles. The molecule has 7 nitrogen and oxygen atoms in total. The Balaban J connectivity index is 1.66. The van der Waals surface area contributed by atoms with E-state index in [0.29, 0.717) is 42.4 Å². The van der Waals surface area contributed by atoms with Crippen molar-refractivity contribution in [1.29, 1.82) is 5.26 Å². The van der Waals surface area contributed by atoms with Gasteiger partial charge in [-0.05, 0) is 43.7 Å². The molecule has 0 aliphatic rings. The molecule has 0 aromatic heterocycles. The number of ether oxygens (including phenoxy) is 3. The second-order valence-electron chi connectivity index (χ2n) is 5.73. The molecule has 1 N–H and O–H groups in total. The first-order chi connectivity index (χ1) is 13.6. The van der Waals surface area contributed by atoms with Crippen molar-refractivity contribution in [2.45, 2.75) is 19.8 Å². The maximum atomic E-state index is 11.8. The van der Waals surface area contributed by atoms with E-state index in [-0.39, 0.29) is 13.0 Å². The lowest BCUT2D eigenvalue weighted by Gasteiger charge is -2.11. The van der Waals surface area contributed by atoms with Crippen LogP contribution < -0.4 is 14.8 Å². The second kappa shape index (κ2) is 11.2. The van der Waals surface area contributed by atoms with Crippen LogP contribution in [-0.2, 0) is 14.3 Å². The minimum Gasteiger partial charge on any atom is -0.490 e. The third-order valence-electron chi connectivity index (χ3n) is 3.57. The molecule has 0 radical (unpaired) electrons. The fourth-order valence-corrected chi connectivity index (χ4v) is 2.32. The Labute approximate surface area is 163 Å². The molecule has 0 spiro atoms. The molecule has 0 aliphatic heterocycles. The first-order valence-corrected chi connectivity index (χ1v) is 8.92. The summed E-state index contributed by atoms with van der Waals surface area (Å²) < 4.78 is 16.0. The number of amides is 1. The normalized spacial score (nSPS) is 9.86. The van der Waals surface area contributed by atoms with Crippen LogP contribution in [0.1, 0.15) is 25.3 Å². The predicted octanol–water partition coefficient (Wildman–Crippen LogP) is 3.30. The summed E-state index contributed by atoms with van der Waals surface area (Å²) in [4.78, 5) is 23.6. The number of nitrogens with one attached hydrogen (secondary N) is 1. The number of benzene rings is 2. The van der Waals surface area contributed by atoms with Gasteiger partial charge in [-0.3, -0.25) is 9.59 Å². The Morgan fingerprint density at radius 1 is 1.07 bits per heavy atom. The van der Waals surface area contributed by atoms with Gasteiger partial charge < -0.3 is 19.5 Å². The van der Waals surface area contributed by atoms with Gasteiger partial charge in [0.15, 0.2) is 18.1 Å². The SMILES string of the molecule is CCOc1ccccc1OCCCC(=O)OCC(=O)Nc1cccc(C#N)c1. The van der Waals surface area contributed by atoms with Gasteiger partial charge in [-0.25, -0.2) is 0 Å². The molecule has 28 heavy (non-hydrogen) atoms. The van der Waals surface area contributed by atoms with Crippen LogP contribution in [0.25, 0.3) is 0 Å². The van der Waals surface area contributed by atoms with E-state index in [1.165, 1.54) is 6.07 Å². The number of carbonyl (C=O) groups is 2. The lowest BCUT2D eigenvalue weighted by Crippen LogP contribution is -2.21. The number of anilines is 1. The molecule has 0 heterocycles. The van der Waals surface area contributed by atoms with Crippen LogP contribution in [0.5, 0.6) is 11.5 Å². The Morgan fingerprint density at radius 3 is 2.54 bits per heavy atom. The molecule has 7 heteroatoms. The molecule has 2 aromatic carbocycles. The van der Waals surface area contributed by atoms with E-state index in [1.54, 1.807) is 24.3 Å². The van der Waals surface area contributed by atoms with Crippen molar-refractivity contribution in [2.75, 3.05) is 25.1 Å². The minimum absolute atomic E-state index is 0.133. The molecule has 0 aliphatic carbocycles. The molecule has 2 rings (SSSR count). The summed E-state index contributed by atoms with van der Waals surface area (Å²) in [5.41, 5.74) is 0.905. The van der Waals surface area contributed by atoms with Crippen molar-refractivity contribution < 1.29 is 23.8 Å². The molecule has 0 unspecified atom stereocenters. The highest BCUT2D eigenvalue weighted by atomic mass is 16.5. The number of carbonyl (C=O) groups excluding carboxylic acids is 2. The average molecular weight is 382 g/mol. The summed E-state index contributed by atoms with van der Waals surface area (Å²) in [6, 6.07) is 15.8. The van der Waals surface area contributed by atoms with E-state index in [9.17, 15) is 9.59 Å². The Bertz CT molecular complexity index is 845. The lowest BCUT2D eigenvalue weighted by atomic mass is 10.2. The summed E-state index contributed by atoms with van der Waals surface area (Å²) in [6.07, 6.45) is 0.582. The van der Waals surface area contributed by atoms with Gasteiger partial charge in [-0.15, -0.1) is 0 Å². The third kappa shape index (κ3) is 7.00. The fourth-order valence-electron chi connectivity index (χ4n) is 2.32. The number of esters is 1. The van der Waals surface area contributed by atoms with Gasteiger partial charge in [0.25, 0.3) is 5.91 Å². The number of hydrogen-bond acceptors (Lipinski definition) is 6. The zero-order chi connectivity index (χ0) is 20.2. The molecule has 0 fully saturated rings. The maximum Gasteiger partial charge on any atom is 0.306 e. The first-order valence-electron chi connectivity index (χ1n) is 8.92. The minimum atomic E-state index is -0.484. The van der Waals surface area contributed by atoms with E-state index in [0.717, 1.165) is 0 Å². The number of para-hydroxylation sites is 2. The van der Waals surface area contributed by atoms with E-state index in [1.807, 2.05) is 31.2 Å². The van der Waals surface area contributed by atoms with Crippen molar-refractivity contribution in [3.05, 3.63) is 54.1 Å². The highest BCUT2D eigenvalue weighted by molar-refractivity contribution is 5.92. The van der Waals surface area contributed by atoms with E-state index in [4.69, 9.17) is 19.5 Å². The molecule has 0 bridgehead atoms. The average Bonchev–Trinajstić information content (AvgIpc) is 2.71. The van der Waals surface area contributed by atoms with Gasteiger partial charge in [0.2, 0.25) is 0 Å². The van der Waals surface area contributed by atoms with Crippen LogP contribution in [0.15, 0.2) is 48.5 Å². The second-order valence-corrected chi connectivity index (χ2v) is 5.73. The molecule has 1 amide bonds. The zero-order valence-corrected chi connectivity index (χ0v) is 15.6. The van der Waals surface area contributed by atoms with E-state index >= 15 is 0 Å². The molecule has 146 valence electrons. The van der Waals surface area contributed by atoms with Gasteiger partial charge in [0.05, 0.1) is 24.8 Å². The number of hydrogen-bond donors (Lipinski definition) is 1. The molecular weight excluding hydrogens is 360 g/mol. The number of nitrogens with zero attached hydrogens (tertiary/aromatic N) is 1. The third-order valence-corrected chi connectivity index (χ3v) is 3.57. The van der Waals surface area contributed by atoms with Crippen molar-refractivity contribution in [3.63, 3.8) is 0 Å². The van der Waals surface area contributed by atoms with Gasteiger partial charge in [-0.2, -0.15) is 5.26 Å².